The van der Waals surface area contributed by atoms with Crippen LogP contribution >= 0.6 is 11.6 Å². The van der Waals surface area contributed by atoms with Crippen molar-refractivity contribution in [1.82, 2.24) is 15.1 Å². The molecule has 0 bridgehead atoms. The van der Waals surface area contributed by atoms with Gasteiger partial charge in [0.1, 0.15) is 17.6 Å². The fraction of sp³-hybridized carbons (Fsp3) is 0.444. The minimum Gasteiger partial charge on any atom is -0.376 e. The van der Waals surface area contributed by atoms with Crippen molar-refractivity contribution in [3.8, 4) is 0 Å². The Morgan fingerprint density at radius 3 is 2.46 bits per heavy atom. The number of carbonyl (C=O) groups excluding carboxylic acids is 3. The second-order valence-corrected chi connectivity index (χ2v) is 10.0. The van der Waals surface area contributed by atoms with Crippen molar-refractivity contribution in [1.29, 1.82) is 0 Å². The number of hydrogen-bond acceptors (Lipinski definition) is 5. The second-order valence-electron chi connectivity index (χ2n) is 9.61. The van der Waals surface area contributed by atoms with Crippen molar-refractivity contribution in [3.63, 3.8) is 0 Å². The summed E-state index contributed by atoms with van der Waals surface area (Å²) in [5.74, 6) is -1.39. The van der Waals surface area contributed by atoms with Crippen molar-refractivity contribution in [3.05, 3.63) is 70.5 Å². The highest BCUT2D eigenvalue weighted by molar-refractivity contribution is 6.33. The number of likely N-dealkylation sites (tertiary alicyclic amines) is 1. The van der Waals surface area contributed by atoms with E-state index >= 15 is 0 Å². The van der Waals surface area contributed by atoms with Crippen LogP contribution < -0.4 is 5.32 Å². The highest BCUT2D eigenvalue weighted by Crippen LogP contribution is 2.39. The predicted molar refractivity (Wildman–Crippen MR) is 134 cm³/mol. The summed E-state index contributed by atoms with van der Waals surface area (Å²) in [6.07, 6.45) is 2.44. The molecule has 1 N–H and O–H groups in total. The SMILES string of the molecule is O=C(NC[C@@H]1CCCO1)[C@H]1COC2(CCN(C(=O)c3ccccc3Cl)CC2)N1C(=O)c1ccc(F)cc1. The normalized spacial score (nSPS) is 22.9. The van der Waals surface area contributed by atoms with Gasteiger partial charge in [0.15, 0.2) is 0 Å². The number of piperidine rings is 1. The Bertz CT molecular complexity index is 1160. The Morgan fingerprint density at radius 2 is 1.78 bits per heavy atom. The topological polar surface area (TPSA) is 88.2 Å². The van der Waals surface area contributed by atoms with E-state index in [2.05, 4.69) is 5.32 Å². The molecule has 3 aliphatic rings. The lowest BCUT2D eigenvalue weighted by Crippen LogP contribution is -2.60. The Labute approximate surface area is 219 Å². The van der Waals surface area contributed by atoms with Crippen LogP contribution in [-0.4, -0.2) is 78.2 Å². The number of hydrogen-bond donors (Lipinski definition) is 1. The molecule has 3 fully saturated rings. The zero-order chi connectivity index (χ0) is 26.0. The first-order chi connectivity index (χ1) is 17.9. The first-order valence-electron chi connectivity index (χ1n) is 12.5. The minimum absolute atomic E-state index is 0.0305. The van der Waals surface area contributed by atoms with Gasteiger partial charge in [-0.25, -0.2) is 4.39 Å². The summed E-state index contributed by atoms with van der Waals surface area (Å²) in [6.45, 7) is 1.71. The van der Waals surface area contributed by atoms with Gasteiger partial charge in [-0.2, -0.15) is 0 Å². The van der Waals surface area contributed by atoms with E-state index in [1.54, 1.807) is 29.2 Å². The number of carbonyl (C=O) groups is 3. The number of nitrogens with one attached hydrogen (secondary N) is 1. The van der Waals surface area contributed by atoms with Crippen LogP contribution in [0.1, 0.15) is 46.4 Å². The second kappa shape index (κ2) is 10.8. The number of amides is 3. The molecule has 2 aromatic rings. The number of halogens is 2. The van der Waals surface area contributed by atoms with Crippen LogP contribution in [0.2, 0.25) is 5.02 Å². The summed E-state index contributed by atoms with van der Waals surface area (Å²) in [5, 5.41) is 3.29. The highest BCUT2D eigenvalue weighted by atomic mass is 35.5. The molecule has 3 aliphatic heterocycles. The first-order valence-corrected chi connectivity index (χ1v) is 12.9. The van der Waals surface area contributed by atoms with Crippen molar-refractivity contribution in [2.24, 2.45) is 0 Å². The van der Waals surface area contributed by atoms with Crippen LogP contribution in [0.25, 0.3) is 0 Å². The molecule has 37 heavy (non-hydrogen) atoms. The summed E-state index contributed by atoms with van der Waals surface area (Å²) >= 11 is 6.23. The predicted octanol–water partition coefficient (Wildman–Crippen LogP) is 3.25. The molecule has 0 aromatic heterocycles. The number of nitrogens with zero attached hydrogens (tertiary/aromatic N) is 2. The Hall–Kier alpha value is -3.01. The molecule has 3 amide bonds. The minimum atomic E-state index is -1.06. The lowest BCUT2D eigenvalue weighted by atomic mass is 9.96. The van der Waals surface area contributed by atoms with Gasteiger partial charge >= 0.3 is 0 Å². The Balaban J connectivity index is 1.35. The van der Waals surface area contributed by atoms with E-state index in [-0.39, 0.29) is 30.1 Å². The van der Waals surface area contributed by atoms with Crippen LogP contribution in [0, 0.1) is 5.82 Å². The molecule has 0 saturated carbocycles. The van der Waals surface area contributed by atoms with Crippen molar-refractivity contribution < 1.29 is 28.2 Å². The average molecular weight is 530 g/mol. The van der Waals surface area contributed by atoms with E-state index < -0.39 is 23.5 Å². The zero-order valence-electron chi connectivity index (χ0n) is 20.3. The van der Waals surface area contributed by atoms with Crippen molar-refractivity contribution >= 4 is 29.3 Å². The maximum atomic E-state index is 13.7. The van der Waals surface area contributed by atoms with E-state index in [1.165, 1.54) is 29.2 Å². The van der Waals surface area contributed by atoms with E-state index in [9.17, 15) is 18.8 Å². The summed E-state index contributed by atoms with van der Waals surface area (Å²) < 4.78 is 25.3. The molecule has 8 nitrogen and oxygen atoms in total. The maximum absolute atomic E-state index is 13.7. The fourth-order valence-electron chi connectivity index (χ4n) is 5.30. The molecular formula is C27H29ClFN3O5. The third kappa shape index (κ3) is 5.21. The molecule has 196 valence electrons. The van der Waals surface area contributed by atoms with Gasteiger partial charge in [-0.1, -0.05) is 23.7 Å². The largest absolute Gasteiger partial charge is 0.376 e. The molecule has 3 heterocycles. The van der Waals surface area contributed by atoms with Gasteiger partial charge in [-0.15, -0.1) is 0 Å². The number of rotatable bonds is 5. The molecule has 0 aliphatic carbocycles. The molecule has 0 radical (unpaired) electrons. The third-order valence-corrected chi connectivity index (χ3v) is 7.67. The summed E-state index contributed by atoms with van der Waals surface area (Å²) in [6, 6.07) is 11.3. The molecule has 1 spiro atoms. The first kappa shape index (κ1) is 25.6. The van der Waals surface area contributed by atoms with Crippen LogP contribution in [0.5, 0.6) is 0 Å². The molecular weight excluding hydrogens is 501 g/mol. The van der Waals surface area contributed by atoms with E-state index in [0.29, 0.717) is 49.7 Å². The van der Waals surface area contributed by atoms with Crippen LogP contribution in [0.4, 0.5) is 4.39 Å². The van der Waals surface area contributed by atoms with Gasteiger partial charge in [0.2, 0.25) is 5.91 Å². The smallest absolute Gasteiger partial charge is 0.256 e. The molecule has 2 atom stereocenters. The van der Waals surface area contributed by atoms with Gasteiger partial charge < -0.3 is 19.7 Å². The van der Waals surface area contributed by atoms with Gasteiger partial charge in [-0.3, -0.25) is 19.3 Å². The monoisotopic (exact) mass is 529 g/mol. The van der Waals surface area contributed by atoms with Gasteiger partial charge in [0.05, 0.1) is 23.3 Å². The van der Waals surface area contributed by atoms with Gasteiger partial charge in [0, 0.05) is 44.6 Å². The molecule has 10 heteroatoms. The van der Waals surface area contributed by atoms with Crippen LogP contribution in [0.15, 0.2) is 48.5 Å². The van der Waals surface area contributed by atoms with Crippen molar-refractivity contribution in [2.75, 3.05) is 32.8 Å². The van der Waals surface area contributed by atoms with Gasteiger partial charge in [-0.05, 0) is 49.2 Å². The third-order valence-electron chi connectivity index (χ3n) is 7.34. The number of benzene rings is 2. The Kier molecular flexibility index (Phi) is 7.46. The van der Waals surface area contributed by atoms with E-state index in [0.717, 1.165) is 12.8 Å². The summed E-state index contributed by atoms with van der Waals surface area (Å²) in [4.78, 5) is 43.2. The van der Waals surface area contributed by atoms with E-state index in [1.807, 2.05) is 0 Å². The molecule has 2 aromatic carbocycles. The fourth-order valence-corrected chi connectivity index (χ4v) is 5.52. The molecule has 5 rings (SSSR count). The Morgan fingerprint density at radius 1 is 1.05 bits per heavy atom. The van der Waals surface area contributed by atoms with Crippen molar-refractivity contribution in [2.45, 2.75) is 43.6 Å². The van der Waals surface area contributed by atoms with Crippen LogP contribution in [0.3, 0.4) is 0 Å². The van der Waals surface area contributed by atoms with Crippen LogP contribution in [-0.2, 0) is 14.3 Å². The summed E-state index contributed by atoms with van der Waals surface area (Å²) in [7, 11) is 0. The lowest BCUT2D eigenvalue weighted by molar-refractivity contribution is -0.128. The quantitative estimate of drug-likeness (QED) is 0.642. The maximum Gasteiger partial charge on any atom is 0.256 e. The molecule has 3 saturated heterocycles. The highest BCUT2D eigenvalue weighted by Gasteiger charge is 2.54. The summed E-state index contributed by atoms with van der Waals surface area (Å²) in [5.41, 5.74) is -0.384. The van der Waals surface area contributed by atoms with Gasteiger partial charge in [0.25, 0.3) is 11.8 Å². The zero-order valence-corrected chi connectivity index (χ0v) is 21.1. The van der Waals surface area contributed by atoms with E-state index in [4.69, 9.17) is 21.1 Å². The average Bonchev–Trinajstić information content (AvgIpc) is 3.56. The number of ether oxygens (including phenoxy) is 2. The molecule has 0 unspecified atom stereocenters. The lowest BCUT2D eigenvalue weighted by Gasteiger charge is -2.44. The standard InChI is InChI=1S/C27H29ClFN3O5/c28-22-6-2-1-5-21(22)26(35)31-13-11-27(12-14-31)32(25(34)18-7-9-19(29)10-8-18)23(17-37-27)24(33)30-16-20-4-3-15-36-20/h1-2,5-10,20,23H,3-4,11-17H2,(H,30,33)/t20-,23+/m0/s1.